The van der Waals surface area contributed by atoms with E-state index in [2.05, 4.69) is 18.6 Å². The summed E-state index contributed by atoms with van der Waals surface area (Å²) in [6.45, 7) is 0.491. The Hall–Kier alpha value is 0.820. The molecule has 0 bridgehead atoms. The van der Waals surface area contributed by atoms with Crippen molar-refractivity contribution in [2.75, 3.05) is 20.3 Å². The number of phosphoric ester groups is 2. The molecule has 2 rings (SSSR count). The first-order valence-electron chi connectivity index (χ1n) is 7.81. The quantitative estimate of drug-likeness (QED) is 0.218. The van der Waals surface area contributed by atoms with Gasteiger partial charge in [-0.1, -0.05) is 0 Å². The topological polar surface area (TPSA) is 209 Å². The van der Waals surface area contributed by atoms with Crippen molar-refractivity contribution in [3.05, 3.63) is 17.8 Å². The van der Waals surface area contributed by atoms with Gasteiger partial charge >= 0.3 is 66.9 Å². The van der Waals surface area contributed by atoms with Crippen molar-refractivity contribution in [2.45, 2.75) is 31.5 Å². The summed E-state index contributed by atoms with van der Waals surface area (Å²) >= 11 is 0. The van der Waals surface area contributed by atoms with Crippen LogP contribution in [-0.4, -0.2) is 58.2 Å². The van der Waals surface area contributed by atoms with E-state index < -0.39 is 52.8 Å². The van der Waals surface area contributed by atoms with Gasteiger partial charge in [0.25, 0.3) is 7.82 Å². The predicted octanol–water partition coefficient (Wildman–Crippen LogP) is -7.64. The fourth-order valence-corrected chi connectivity index (χ4v) is 3.78. The van der Waals surface area contributed by atoms with Gasteiger partial charge in [-0.2, -0.15) is 0 Å². The molecule has 3 N–H and O–H groups in total. The first-order chi connectivity index (χ1) is 13.0. The summed E-state index contributed by atoms with van der Waals surface area (Å²) < 4.78 is 47.7. The summed E-state index contributed by atoms with van der Waals surface area (Å²) in [6, 6.07) is 0.200. The Bertz CT molecular complexity index is 844. The Morgan fingerprint density at radius 2 is 2.00 bits per heavy atom. The van der Waals surface area contributed by atoms with Crippen LogP contribution in [0.4, 0.5) is 0 Å². The van der Waals surface area contributed by atoms with Gasteiger partial charge < -0.3 is 38.4 Å². The first-order valence-corrected chi connectivity index (χ1v) is 10.8. The van der Waals surface area contributed by atoms with Gasteiger partial charge in [0.05, 0.1) is 19.2 Å². The third-order valence-electron chi connectivity index (χ3n) is 3.58. The molecule has 0 spiro atoms. The van der Waals surface area contributed by atoms with Gasteiger partial charge in [0, 0.05) is 13.3 Å². The van der Waals surface area contributed by atoms with Crippen LogP contribution < -0.4 is 74.6 Å². The van der Waals surface area contributed by atoms with Crippen LogP contribution in [-0.2, 0) is 32.0 Å². The van der Waals surface area contributed by atoms with Crippen LogP contribution in [0.2, 0.25) is 0 Å². The molecule has 18 heteroatoms. The Kier molecular flexibility index (Phi) is 13.3. The standard InChI is InChI=1S/C12H21N3O11P2.2Na/c1-3-23-28(20,21)26-10-7(6-24-27(18,19)22-2)25-11(9(10)16)15-5-4-8(13)14-12(15)17;;/h4-5,7,9-11,16H,3,6H2,1-2H3,(H,18,19)(H,20,21)(H2,13,14,17);;/q;2*+1/p-2/t7-,9-,10-,11-;;/m1../s1. The van der Waals surface area contributed by atoms with E-state index >= 15 is 0 Å². The SMILES string of the molecule is CCOP(=O)(O)O[C@H]1[C@@H](O)[C@H](n2ccc(=N)nc2[O-])O[C@@H]1COP(=O)([O-])OC.[Na+].[Na+]. The molecule has 2 unspecified atom stereocenters. The van der Waals surface area contributed by atoms with E-state index in [4.69, 9.17) is 14.7 Å². The van der Waals surface area contributed by atoms with Gasteiger partial charge in [-0.15, -0.1) is 0 Å². The van der Waals surface area contributed by atoms with Crippen LogP contribution in [0.15, 0.2) is 12.3 Å². The average molecular weight is 489 g/mol. The predicted molar refractivity (Wildman–Crippen MR) is 84.3 cm³/mol. The molecule has 2 heterocycles. The van der Waals surface area contributed by atoms with Crippen molar-refractivity contribution >= 4 is 15.6 Å². The molecule has 14 nitrogen and oxygen atoms in total. The van der Waals surface area contributed by atoms with Crippen LogP contribution in [0.3, 0.4) is 0 Å². The largest absolute Gasteiger partial charge is 1.00 e. The zero-order valence-electron chi connectivity index (χ0n) is 16.7. The maximum atomic E-state index is 12.0. The summed E-state index contributed by atoms with van der Waals surface area (Å²) in [6.07, 6.45) is -5.07. The average Bonchev–Trinajstić information content (AvgIpc) is 2.89. The van der Waals surface area contributed by atoms with E-state index in [0.717, 1.165) is 23.9 Å². The molecule has 0 amide bonds. The third-order valence-corrected chi connectivity index (χ3v) is 5.59. The molecule has 0 radical (unpaired) electrons. The first kappa shape index (κ1) is 30.8. The molecule has 1 saturated heterocycles. The number of nitrogens with one attached hydrogen (secondary N) is 1. The zero-order chi connectivity index (χ0) is 21.1. The van der Waals surface area contributed by atoms with E-state index in [-0.39, 0.29) is 71.2 Å². The van der Waals surface area contributed by atoms with Crippen LogP contribution in [0.1, 0.15) is 13.2 Å². The number of aliphatic hydroxyl groups excluding tert-OH is 1. The number of nitrogens with zero attached hydrogens (tertiary/aromatic N) is 2. The minimum absolute atomic E-state index is 0. The van der Waals surface area contributed by atoms with Crippen molar-refractivity contribution in [3.8, 4) is 6.01 Å². The summed E-state index contributed by atoms with van der Waals surface area (Å²) in [5.41, 5.74) is -0.329. The molecule has 1 aromatic heterocycles. The second-order valence-electron chi connectivity index (χ2n) is 5.44. The summed E-state index contributed by atoms with van der Waals surface area (Å²) in [5.74, 6) is 0. The fraction of sp³-hybridized carbons (Fsp3) is 0.667. The smallest absolute Gasteiger partial charge is 0.846 e. The molecule has 1 aromatic rings. The third kappa shape index (κ3) is 8.31. The van der Waals surface area contributed by atoms with Gasteiger partial charge in [-0.25, -0.2) is 9.55 Å². The van der Waals surface area contributed by atoms with Gasteiger partial charge in [0.15, 0.2) is 6.23 Å². The number of aliphatic hydroxyl groups is 1. The molecule has 6 atom stereocenters. The van der Waals surface area contributed by atoms with Crippen molar-refractivity contribution in [3.63, 3.8) is 0 Å². The molecule has 1 fully saturated rings. The Morgan fingerprint density at radius 1 is 1.37 bits per heavy atom. The van der Waals surface area contributed by atoms with Crippen LogP contribution >= 0.6 is 15.6 Å². The van der Waals surface area contributed by atoms with Crippen LogP contribution in [0.5, 0.6) is 6.01 Å². The summed E-state index contributed by atoms with van der Waals surface area (Å²) in [5, 5.41) is 29.8. The van der Waals surface area contributed by atoms with Gasteiger partial charge in [0.2, 0.25) is 0 Å². The van der Waals surface area contributed by atoms with Gasteiger partial charge in [-0.3, -0.25) is 19.0 Å². The number of phosphoric acid groups is 2. The van der Waals surface area contributed by atoms with Gasteiger partial charge in [-0.05, 0) is 13.0 Å². The second-order valence-corrected chi connectivity index (χ2v) is 8.36. The molecule has 0 saturated carbocycles. The summed E-state index contributed by atoms with van der Waals surface area (Å²) in [4.78, 5) is 24.4. The molecule has 30 heavy (non-hydrogen) atoms. The number of rotatable bonds is 9. The molecule has 160 valence electrons. The Morgan fingerprint density at radius 3 is 2.53 bits per heavy atom. The van der Waals surface area contributed by atoms with E-state index in [0.29, 0.717) is 0 Å². The van der Waals surface area contributed by atoms with Gasteiger partial charge in [0.1, 0.15) is 23.8 Å². The maximum absolute atomic E-state index is 12.0. The maximum Gasteiger partial charge on any atom is 1.00 e. The van der Waals surface area contributed by atoms with E-state index in [1.165, 1.54) is 6.92 Å². The molecule has 1 aliphatic rings. The number of hydrogen-bond donors (Lipinski definition) is 3. The minimum Gasteiger partial charge on any atom is -0.846 e. The fourth-order valence-electron chi connectivity index (χ4n) is 2.38. The van der Waals surface area contributed by atoms with E-state index in [1.54, 1.807) is 0 Å². The Labute approximate surface area is 215 Å². The zero-order valence-corrected chi connectivity index (χ0v) is 22.5. The molecular weight excluding hydrogens is 470 g/mol. The van der Waals surface area contributed by atoms with Crippen molar-refractivity contribution in [2.24, 2.45) is 0 Å². The van der Waals surface area contributed by atoms with Crippen LogP contribution in [0, 0.1) is 5.41 Å². The molecular formula is C12H19N3Na2O11P2. The molecule has 1 aliphatic heterocycles. The van der Waals surface area contributed by atoms with Crippen LogP contribution in [0.25, 0.3) is 0 Å². The molecule has 0 aliphatic carbocycles. The van der Waals surface area contributed by atoms with Crippen molar-refractivity contribution < 1.29 is 111 Å². The second kappa shape index (κ2) is 12.9. The monoisotopic (exact) mass is 489 g/mol. The summed E-state index contributed by atoms with van der Waals surface area (Å²) in [7, 11) is -8.45. The van der Waals surface area contributed by atoms with E-state index in [9.17, 15) is 29.1 Å². The normalized spacial score (nSPS) is 27.4. The Balaban J connectivity index is 0.00000420. The van der Waals surface area contributed by atoms with Crippen molar-refractivity contribution in [1.82, 2.24) is 9.55 Å². The number of aromatic nitrogens is 2. The number of hydrogen-bond acceptors (Lipinski definition) is 12. The number of ether oxygens (including phenoxy) is 1. The minimum atomic E-state index is -4.68. The van der Waals surface area contributed by atoms with Crippen molar-refractivity contribution in [1.29, 1.82) is 5.41 Å². The molecule has 0 aromatic carbocycles. The van der Waals surface area contributed by atoms with E-state index in [1.807, 2.05) is 0 Å².